The molecule has 0 aliphatic heterocycles. The van der Waals surface area contributed by atoms with Crippen LogP contribution >= 0.6 is 0 Å². The van der Waals surface area contributed by atoms with E-state index in [1.165, 1.54) is 5.56 Å². The van der Waals surface area contributed by atoms with Crippen LogP contribution in [-0.4, -0.2) is 46.9 Å². The van der Waals surface area contributed by atoms with Gasteiger partial charge in [-0.15, -0.1) is 5.10 Å². The molecule has 0 amide bonds. The monoisotopic (exact) mass is 518 g/mol. The number of aromatic amines is 1. The second-order valence-electron chi connectivity index (χ2n) is 9.58. The molecule has 6 aromatic rings. The Morgan fingerprint density at radius 2 is 1.64 bits per heavy atom. The van der Waals surface area contributed by atoms with Crippen LogP contribution in [0.15, 0.2) is 72.8 Å². The maximum absolute atomic E-state index is 5.33. The van der Waals surface area contributed by atoms with Crippen LogP contribution in [0.25, 0.3) is 39.5 Å². The number of unbranched alkanes of at least 4 members (excludes halogenated alkanes) is 1. The van der Waals surface area contributed by atoms with Crippen molar-refractivity contribution in [3.05, 3.63) is 89.9 Å². The predicted octanol–water partition coefficient (Wildman–Crippen LogP) is 5.75. The number of aromatic nitrogens is 8. The number of benzene rings is 3. The molecule has 0 unspecified atom stereocenters. The minimum Gasteiger partial charge on any atom is -0.497 e. The molecule has 0 saturated heterocycles. The van der Waals surface area contributed by atoms with E-state index in [4.69, 9.17) is 14.8 Å². The van der Waals surface area contributed by atoms with Crippen molar-refractivity contribution >= 4 is 5.78 Å². The van der Waals surface area contributed by atoms with Gasteiger partial charge in [0.1, 0.15) is 11.6 Å². The summed E-state index contributed by atoms with van der Waals surface area (Å²) in [5, 5.41) is 19.4. The van der Waals surface area contributed by atoms with Gasteiger partial charge in [-0.2, -0.15) is 5.10 Å². The second kappa shape index (κ2) is 10.5. The number of nitrogens with zero attached hydrogens (tertiary/aromatic N) is 7. The molecule has 0 atom stereocenters. The van der Waals surface area contributed by atoms with E-state index in [9.17, 15) is 0 Å². The van der Waals surface area contributed by atoms with Gasteiger partial charge in [-0.05, 0) is 64.7 Å². The number of ether oxygens (including phenoxy) is 1. The number of fused-ring (bicyclic) bond motifs is 1. The summed E-state index contributed by atoms with van der Waals surface area (Å²) in [5.41, 5.74) is 7.33. The number of H-pyrrole nitrogens is 1. The zero-order chi connectivity index (χ0) is 26.8. The quantitative estimate of drug-likeness (QED) is 0.262. The van der Waals surface area contributed by atoms with Crippen molar-refractivity contribution in [2.75, 3.05) is 7.11 Å². The van der Waals surface area contributed by atoms with Gasteiger partial charge in [0.05, 0.1) is 25.0 Å². The van der Waals surface area contributed by atoms with Crippen LogP contribution in [0.4, 0.5) is 0 Å². The minimum absolute atomic E-state index is 0.651. The molecule has 3 heterocycles. The van der Waals surface area contributed by atoms with Gasteiger partial charge in [0, 0.05) is 17.5 Å². The Labute approximate surface area is 226 Å². The fourth-order valence-electron chi connectivity index (χ4n) is 4.95. The lowest BCUT2D eigenvalue weighted by Gasteiger charge is -2.10. The van der Waals surface area contributed by atoms with Crippen LogP contribution in [0.2, 0.25) is 0 Å². The highest BCUT2D eigenvalue weighted by atomic mass is 16.5. The summed E-state index contributed by atoms with van der Waals surface area (Å²) < 4.78 is 9.56. The van der Waals surface area contributed by atoms with Gasteiger partial charge in [-0.25, -0.2) is 14.6 Å². The van der Waals surface area contributed by atoms with Crippen LogP contribution in [-0.2, 0) is 13.0 Å². The van der Waals surface area contributed by atoms with Crippen molar-refractivity contribution in [1.82, 2.24) is 39.8 Å². The summed E-state index contributed by atoms with van der Waals surface area (Å²) in [6.07, 6.45) is 3.10. The molecule has 9 nitrogen and oxygen atoms in total. The van der Waals surface area contributed by atoms with Crippen LogP contribution in [0, 0.1) is 6.92 Å². The zero-order valence-corrected chi connectivity index (χ0v) is 22.3. The Bertz CT molecular complexity index is 1700. The Hall–Kier alpha value is -4.79. The Balaban J connectivity index is 1.35. The summed E-state index contributed by atoms with van der Waals surface area (Å²) in [5.74, 6) is 3.39. The molecule has 0 aliphatic carbocycles. The van der Waals surface area contributed by atoms with E-state index in [1.54, 1.807) is 7.11 Å². The van der Waals surface area contributed by atoms with E-state index < -0.39 is 0 Å². The van der Waals surface area contributed by atoms with Crippen molar-refractivity contribution in [3.8, 4) is 39.5 Å². The summed E-state index contributed by atoms with van der Waals surface area (Å²) in [6.45, 7) is 4.97. The zero-order valence-electron chi connectivity index (χ0n) is 22.3. The predicted molar refractivity (Wildman–Crippen MR) is 150 cm³/mol. The van der Waals surface area contributed by atoms with E-state index in [1.807, 2.05) is 47.0 Å². The summed E-state index contributed by atoms with van der Waals surface area (Å²) in [7, 11) is 1.68. The normalized spacial score (nSPS) is 11.4. The highest BCUT2D eigenvalue weighted by Gasteiger charge is 2.19. The van der Waals surface area contributed by atoms with Crippen LogP contribution in [0.1, 0.15) is 36.8 Å². The van der Waals surface area contributed by atoms with Crippen molar-refractivity contribution in [1.29, 1.82) is 0 Å². The lowest BCUT2D eigenvalue weighted by Crippen LogP contribution is -2.06. The molecule has 0 aliphatic rings. The molecule has 0 spiro atoms. The number of nitrogens with one attached hydrogen (secondary N) is 1. The first kappa shape index (κ1) is 24.5. The Morgan fingerprint density at radius 3 is 2.33 bits per heavy atom. The van der Waals surface area contributed by atoms with Gasteiger partial charge in [0.25, 0.3) is 0 Å². The number of aryl methyl sites for hydroxylation is 2. The topological polar surface area (TPSA) is 98.8 Å². The largest absolute Gasteiger partial charge is 0.497 e. The molecule has 3 aromatic carbocycles. The van der Waals surface area contributed by atoms with Gasteiger partial charge in [0.15, 0.2) is 5.82 Å². The van der Waals surface area contributed by atoms with E-state index >= 15 is 0 Å². The SMILES string of the molecule is CCCCc1nn2c(C)c(-c3ccc(OC)cc3)nc2n1Cc1ccc(-c2ccccc2-c2nnn[nH]2)cc1. The van der Waals surface area contributed by atoms with Gasteiger partial charge < -0.3 is 4.74 Å². The number of hydrogen-bond acceptors (Lipinski definition) is 6. The molecule has 0 radical (unpaired) electrons. The van der Waals surface area contributed by atoms with E-state index in [2.05, 4.69) is 69.4 Å². The summed E-state index contributed by atoms with van der Waals surface area (Å²) in [6, 6.07) is 24.8. The summed E-state index contributed by atoms with van der Waals surface area (Å²) >= 11 is 0. The minimum atomic E-state index is 0.651. The third-order valence-corrected chi connectivity index (χ3v) is 7.08. The van der Waals surface area contributed by atoms with Crippen molar-refractivity contribution in [3.63, 3.8) is 0 Å². The van der Waals surface area contributed by atoms with Gasteiger partial charge in [-0.1, -0.05) is 61.9 Å². The maximum atomic E-state index is 5.33. The van der Waals surface area contributed by atoms with Crippen molar-refractivity contribution in [2.24, 2.45) is 0 Å². The van der Waals surface area contributed by atoms with Gasteiger partial charge in [0.2, 0.25) is 5.78 Å². The van der Waals surface area contributed by atoms with Crippen molar-refractivity contribution < 1.29 is 4.74 Å². The van der Waals surface area contributed by atoms with Gasteiger partial charge in [-0.3, -0.25) is 4.57 Å². The molecule has 6 rings (SSSR count). The average Bonchev–Trinajstić information content (AvgIpc) is 3.71. The maximum Gasteiger partial charge on any atom is 0.233 e. The van der Waals surface area contributed by atoms with E-state index in [-0.39, 0.29) is 0 Å². The third-order valence-electron chi connectivity index (χ3n) is 7.08. The fourth-order valence-corrected chi connectivity index (χ4v) is 4.95. The van der Waals surface area contributed by atoms with Crippen LogP contribution in [0.3, 0.4) is 0 Å². The standard InChI is InChI=1S/C30H30N8O/c1-4-5-10-27-34-38-20(2)28(23-15-17-24(39-3)18-16-23)31-30(38)37(27)19-21-11-13-22(14-12-21)25-8-6-7-9-26(25)29-32-35-36-33-29/h6-9,11-18H,4-5,10,19H2,1-3H3,(H,32,33,35,36). The highest BCUT2D eigenvalue weighted by molar-refractivity contribution is 5.80. The average molecular weight is 519 g/mol. The number of tetrazole rings is 1. The Morgan fingerprint density at radius 1 is 0.897 bits per heavy atom. The summed E-state index contributed by atoms with van der Waals surface area (Å²) in [4.78, 5) is 5.07. The van der Waals surface area contributed by atoms with Crippen LogP contribution < -0.4 is 4.74 Å². The number of hydrogen-bond donors (Lipinski definition) is 1. The lowest BCUT2D eigenvalue weighted by molar-refractivity contribution is 0.415. The molecule has 0 fully saturated rings. The first-order valence-corrected chi connectivity index (χ1v) is 13.2. The van der Waals surface area contributed by atoms with E-state index in [0.29, 0.717) is 12.4 Å². The number of methoxy groups -OCH3 is 1. The highest BCUT2D eigenvalue weighted by Crippen LogP contribution is 2.31. The molecular formula is C30H30N8O. The fraction of sp³-hybridized carbons (Fsp3) is 0.233. The second-order valence-corrected chi connectivity index (χ2v) is 9.58. The lowest BCUT2D eigenvalue weighted by atomic mass is 9.98. The first-order valence-electron chi connectivity index (χ1n) is 13.2. The molecule has 1 N–H and O–H groups in total. The Kier molecular flexibility index (Phi) is 6.62. The van der Waals surface area contributed by atoms with Gasteiger partial charge >= 0.3 is 0 Å². The molecule has 39 heavy (non-hydrogen) atoms. The number of rotatable bonds is 9. The molecule has 0 saturated carbocycles. The molecular weight excluding hydrogens is 488 g/mol. The molecule has 0 bridgehead atoms. The number of imidazole rings is 1. The molecule has 3 aromatic heterocycles. The smallest absolute Gasteiger partial charge is 0.233 e. The van der Waals surface area contributed by atoms with Crippen LogP contribution in [0.5, 0.6) is 5.75 Å². The third kappa shape index (κ3) is 4.67. The molecule has 196 valence electrons. The molecule has 9 heteroatoms. The first-order chi connectivity index (χ1) is 19.2. The van der Waals surface area contributed by atoms with E-state index in [0.717, 1.165) is 70.3 Å². The van der Waals surface area contributed by atoms with Crippen molar-refractivity contribution in [2.45, 2.75) is 39.7 Å².